The molecule has 0 bridgehead atoms. The molecule has 106 valence electrons. The SMILES string of the molecule is CC1CNCC1C(=O)N1CCC2NC(=O)CCC2C1. The molecule has 4 unspecified atom stereocenters. The van der Waals surface area contributed by atoms with Gasteiger partial charge in [0, 0.05) is 32.1 Å². The Morgan fingerprint density at radius 3 is 2.89 bits per heavy atom. The number of hydrogen-bond donors (Lipinski definition) is 2. The lowest BCUT2D eigenvalue weighted by molar-refractivity contribution is -0.139. The number of likely N-dealkylation sites (tertiary alicyclic amines) is 1. The number of fused-ring (bicyclic) bond motifs is 1. The molecule has 2 amide bonds. The lowest BCUT2D eigenvalue weighted by Crippen LogP contribution is -2.56. The molecule has 0 radical (unpaired) electrons. The van der Waals surface area contributed by atoms with Gasteiger partial charge in [-0.05, 0) is 31.2 Å². The van der Waals surface area contributed by atoms with Crippen LogP contribution in [0.4, 0.5) is 0 Å². The summed E-state index contributed by atoms with van der Waals surface area (Å²) < 4.78 is 0. The van der Waals surface area contributed by atoms with Crippen molar-refractivity contribution >= 4 is 11.8 Å². The van der Waals surface area contributed by atoms with Crippen molar-refractivity contribution in [3.63, 3.8) is 0 Å². The maximum absolute atomic E-state index is 12.5. The molecule has 2 N–H and O–H groups in total. The summed E-state index contributed by atoms with van der Waals surface area (Å²) >= 11 is 0. The number of nitrogens with one attached hydrogen (secondary N) is 2. The maximum Gasteiger partial charge on any atom is 0.227 e. The first-order valence-electron chi connectivity index (χ1n) is 7.44. The molecule has 0 aromatic rings. The third kappa shape index (κ3) is 2.48. The Morgan fingerprint density at radius 2 is 2.16 bits per heavy atom. The number of rotatable bonds is 1. The summed E-state index contributed by atoms with van der Waals surface area (Å²) in [6.07, 6.45) is 2.46. The molecule has 3 saturated heterocycles. The maximum atomic E-state index is 12.5. The fourth-order valence-electron chi connectivity index (χ4n) is 3.69. The first kappa shape index (κ1) is 12.9. The third-order valence-corrected chi connectivity index (χ3v) is 4.97. The quantitative estimate of drug-likeness (QED) is 0.700. The molecule has 0 saturated carbocycles. The fraction of sp³-hybridized carbons (Fsp3) is 0.857. The van der Waals surface area contributed by atoms with Crippen LogP contribution < -0.4 is 10.6 Å². The van der Waals surface area contributed by atoms with Gasteiger partial charge in [0.1, 0.15) is 0 Å². The largest absolute Gasteiger partial charge is 0.353 e. The van der Waals surface area contributed by atoms with E-state index in [-0.39, 0.29) is 11.8 Å². The van der Waals surface area contributed by atoms with Gasteiger partial charge in [0.25, 0.3) is 0 Å². The third-order valence-electron chi connectivity index (χ3n) is 4.97. The highest BCUT2D eigenvalue weighted by Gasteiger charge is 2.39. The van der Waals surface area contributed by atoms with Gasteiger partial charge >= 0.3 is 0 Å². The van der Waals surface area contributed by atoms with Crippen LogP contribution in [0.2, 0.25) is 0 Å². The Morgan fingerprint density at radius 1 is 1.32 bits per heavy atom. The Balaban J connectivity index is 1.61. The molecule has 0 aromatic carbocycles. The second-order valence-corrected chi connectivity index (χ2v) is 6.29. The van der Waals surface area contributed by atoms with Gasteiger partial charge in [0.05, 0.1) is 5.92 Å². The van der Waals surface area contributed by atoms with E-state index < -0.39 is 0 Å². The molecule has 3 heterocycles. The van der Waals surface area contributed by atoms with Crippen LogP contribution in [0, 0.1) is 17.8 Å². The van der Waals surface area contributed by atoms with Crippen LogP contribution in [0.5, 0.6) is 0 Å². The van der Waals surface area contributed by atoms with E-state index >= 15 is 0 Å². The van der Waals surface area contributed by atoms with E-state index in [0.717, 1.165) is 39.0 Å². The van der Waals surface area contributed by atoms with Crippen LogP contribution in [0.3, 0.4) is 0 Å². The van der Waals surface area contributed by atoms with Gasteiger partial charge in [-0.15, -0.1) is 0 Å². The Hall–Kier alpha value is -1.10. The first-order valence-corrected chi connectivity index (χ1v) is 7.44. The minimum atomic E-state index is 0.148. The Labute approximate surface area is 114 Å². The molecule has 3 aliphatic rings. The number of amides is 2. The van der Waals surface area contributed by atoms with Crippen LogP contribution in [-0.4, -0.2) is 48.9 Å². The molecule has 0 aromatic heterocycles. The molecule has 3 fully saturated rings. The van der Waals surface area contributed by atoms with Gasteiger partial charge in [-0.3, -0.25) is 9.59 Å². The molecule has 3 aliphatic heterocycles. The van der Waals surface area contributed by atoms with E-state index in [1.165, 1.54) is 0 Å². The summed E-state index contributed by atoms with van der Waals surface area (Å²) in [5.41, 5.74) is 0. The van der Waals surface area contributed by atoms with Crippen molar-refractivity contribution in [2.75, 3.05) is 26.2 Å². The van der Waals surface area contributed by atoms with Crippen molar-refractivity contribution in [1.29, 1.82) is 0 Å². The van der Waals surface area contributed by atoms with Gasteiger partial charge in [0.15, 0.2) is 0 Å². The van der Waals surface area contributed by atoms with Crippen molar-refractivity contribution in [3.05, 3.63) is 0 Å². The highest BCUT2D eigenvalue weighted by Crippen LogP contribution is 2.27. The Bertz CT molecular complexity index is 385. The van der Waals surface area contributed by atoms with E-state index in [1.54, 1.807) is 0 Å². The second-order valence-electron chi connectivity index (χ2n) is 6.29. The van der Waals surface area contributed by atoms with Gasteiger partial charge in [0.2, 0.25) is 11.8 Å². The van der Waals surface area contributed by atoms with Crippen LogP contribution >= 0.6 is 0 Å². The lowest BCUT2D eigenvalue weighted by Gasteiger charge is -2.42. The molecule has 0 spiro atoms. The average molecular weight is 265 g/mol. The number of hydrogen-bond acceptors (Lipinski definition) is 3. The van der Waals surface area contributed by atoms with E-state index in [4.69, 9.17) is 0 Å². The van der Waals surface area contributed by atoms with E-state index in [0.29, 0.717) is 30.2 Å². The van der Waals surface area contributed by atoms with Crippen molar-refractivity contribution in [2.45, 2.75) is 32.2 Å². The summed E-state index contributed by atoms with van der Waals surface area (Å²) in [4.78, 5) is 26.0. The molecule has 4 atom stereocenters. The minimum absolute atomic E-state index is 0.148. The fourth-order valence-corrected chi connectivity index (χ4v) is 3.69. The Kier molecular flexibility index (Phi) is 3.48. The van der Waals surface area contributed by atoms with Crippen LogP contribution in [0.15, 0.2) is 0 Å². The van der Waals surface area contributed by atoms with Crippen LogP contribution in [0.1, 0.15) is 26.2 Å². The zero-order chi connectivity index (χ0) is 13.4. The number of piperidine rings is 2. The molecule has 5 nitrogen and oxygen atoms in total. The van der Waals surface area contributed by atoms with Crippen molar-refractivity contribution in [3.8, 4) is 0 Å². The second kappa shape index (κ2) is 5.12. The van der Waals surface area contributed by atoms with Gasteiger partial charge in [-0.2, -0.15) is 0 Å². The summed E-state index contributed by atoms with van der Waals surface area (Å²) in [6.45, 7) is 5.54. The summed E-state index contributed by atoms with van der Waals surface area (Å²) in [5.74, 6) is 1.54. The van der Waals surface area contributed by atoms with Crippen molar-refractivity contribution in [1.82, 2.24) is 15.5 Å². The van der Waals surface area contributed by atoms with E-state index in [2.05, 4.69) is 17.6 Å². The van der Waals surface area contributed by atoms with Gasteiger partial charge in [-0.25, -0.2) is 0 Å². The van der Waals surface area contributed by atoms with Gasteiger partial charge in [-0.1, -0.05) is 6.92 Å². The predicted octanol–water partition coefficient (Wildman–Crippen LogP) is -0.0310. The standard InChI is InChI=1S/C14H23N3O2/c1-9-6-15-7-11(9)14(19)17-5-4-12-10(8-17)2-3-13(18)16-12/h9-12,15H,2-8H2,1H3,(H,16,18). The van der Waals surface area contributed by atoms with Crippen molar-refractivity contribution < 1.29 is 9.59 Å². The summed E-state index contributed by atoms with van der Waals surface area (Å²) in [5, 5.41) is 6.37. The zero-order valence-corrected chi connectivity index (χ0v) is 11.5. The van der Waals surface area contributed by atoms with Crippen LogP contribution in [0.25, 0.3) is 0 Å². The molecule has 0 aliphatic carbocycles. The molecule has 5 heteroatoms. The minimum Gasteiger partial charge on any atom is -0.353 e. The number of nitrogens with zero attached hydrogens (tertiary/aromatic N) is 1. The molecule has 3 rings (SSSR count). The predicted molar refractivity (Wildman–Crippen MR) is 71.4 cm³/mol. The van der Waals surface area contributed by atoms with E-state index in [9.17, 15) is 9.59 Å². The average Bonchev–Trinajstić information content (AvgIpc) is 2.83. The first-order chi connectivity index (χ1) is 9.15. The molecular formula is C14H23N3O2. The summed E-state index contributed by atoms with van der Waals surface area (Å²) in [7, 11) is 0. The summed E-state index contributed by atoms with van der Waals surface area (Å²) in [6, 6.07) is 0.296. The highest BCUT2D eigenvalue weighted by molar-refractivity contribution is 5.80. The number of carbonyl (C=O) groups excluding carboxylic acids is 2. The topological polar surface area (TPSA) is 61.4 Å². The molecular weight excluding hydrogens is 242 g/mol. The van der Waals surface area contributed by atoms with Crippen LogP contribution in [-0.2, 0) is 9.59 Å². The normalized spacial score (nSPS) is 38.8. The monoisotopic (exact) mass is 265 g/mol. The van der Waals surface area contributed by atoms with Crippen molar-refractivity contribution in [2.24, 2.45) is 17.8 Å². The zero-order valence-electron chi connectivity index (χ0n) is 11.5. The highest BCUT2D eigenvalue weighted by atomic mass is 16.2. The molecule has 19 heavy (non-hydrogen) atoms. The van der Waals surface area contributed by atoms with Gasteiger partial charge < -0.3 is 15.5 Å². The smallest absolute Gasteiger partial charge is 0.227 e. The number of carbonyl (C=O) groups is 2. The lowest BCUT2D eigenvalue weighted by atomic mass is 9.84. The van der Waals surface area contributed by atoms with E-state index in [1.807, 2.05) is 4.90 Å².